The highest BCUT2D eigenvalue weighted by molar-refractivity contribution is 5.76. The van der Waals surface area contributed by atoms with Crippen molar-refractivity contribution in [3.8, 4) is 0 Å². The minimum Gasteiger partial charge on any atom is -0.348 e. The Morgan fingerprint density at radius 3 is 2.85 bits per heavy atom. The summed E-state index contributed by atoms with van der Waals surface area (Å²) in [5.41, 5.74) is 1.12. The van der Waals surface area contributed by atoms with Crippen molar-refractivity contribution < 1.29 is 4.79 Å². The van der Waals surface area contributed by atoms with E-state index >= 15 is 0 Å². The van der Waals surface area contributed by atoms with Gasteiger partial charge in [0.25, 0.3) is 5.56 Å². The van der Waals surface area contributed by atoms with Gasteiger partial charge >= 0.3 is 5.69 Å². The van der Waals surface area contributed by atoms with Crippen LogP contribution in [-0.4, -0.2) is 60.9 Å². The summed E-state index contributed by atoms with van der Waals surface area (Å²) in [6, 6.07) is 1.41. The van der Waals surface area contributed by atoms with Crippen LogP contribution < -0.4 is 11.2 Å². The zero-order chi connectivity index (χ0) is 19.0. The van der Waals surface area contributed by atoms with Gasteiger partial charge in [-0.1, -0.05) is 0 Å². The van der Waals surface area contributed by atoms with Crippen LogP contribution in [0.5, 0.6) is 0 Å². The van der Waals surface area contributed by atoms with E-state index in [0.717, 1.165) is 50.4 Å². The molecule has 3 fully saturated rings. The summed E-state index contributed by atoms with van der Waals surface area (Å²) in [7, 11) is 0. The normalized spacial score (nSPS) is 22.8. The third-order valence-corrected chi connectivity index (χ3v) is 5.62. The number of carbonyl (C=O) groups is 1. The fourth-order valence-corrected chi connectivity index (χ4v) is 4.18. The second-order valence-corrected chi connectivity index (χ2v) is 7.55. The van der Waals surface area contributed by atoms with Crippen molar-refractivity contribution in [3.05, 3.63) is 50.8 Å². The molecule has 5 heterocycles. The first kappa shape index (κ1) is 17.7. The molecule has 3 saturated heterocycles. The van der Waals surface area contributed by atoms with Gasteiger partial charge in [0.15, 0.2) is 0 Å². The molecule has 9 nitrogen and oxygen atoms in total. The van der Waals surface area contributed by atoms with Crippen molar-refractivity contribution in [1.29, 1.82) is 0 Å². The number of hydrogen-bond donors (Lipinski definition) is 2. The Balaban J connectivity index is 1.47. The van der Waals surface area contributed by atoms with Crippen LogP contribution in [0, 0.1) is 12.8 Å². The number of piperidine rings is 1. The van der Waals surface area contributed by atoms with Crippen molar-refractivity contribution in [2.75, 3.05) is 19.6 Å². The standard InChI is InChI=1S/C18H24N6O3/c1-12-15(20-11-19-12)9-22-6-13-2-3-14(8-22)24(7-13)17(26)10-23-5-4-16(25)21-18(23)27/h4-5,11,13-14H,2-3,6-10H2,1H3,(H,19,20)(H,21,25,27)/t13-,14+/m0/s1. The van der Waals surface area contributed by atoms with Crippen LogP contribution >= 0.6 is 0 Å². The Labute approximate surface area is 156 Å². The largest absolute Gasteiger partial charge is 0.348 e. The summed E-state index contributed by atoms with van der Waals surface area (Å²) in [6.07, 6.45) is 5.19. The van der Waals surface area contributed by atoms with Gasteiger partial charge in [-0.2, -0.15) is 0 Å². The van der Waals surface area contributed by atoms with Crippen LogP contribution in [0.3, 0.4) is 0 Å². The fourth-order valence-electron chi connectivity index (χ4n) is 4.18. The molecular weight excluding hydrogens is 348 g/mol. The summed E-state index contributed by atoms with van der Waals surface area (Å²) in [6.45, 7) is 5.24. The molecular formula is C18H24N6O3. The van der Waals surface area contributed by atoms with E-state index in [1.54, 1.807) is 6.33 Å². The molecule has 3 aliphatic heterocycles. The minimum atomic E-state index is -0.550. The first-order chi connectivity index (χ1) is 13.0. The van der Waals surface area contributed by atoms with Crippen LogP contribution in [-0.2, 0) is 17.9 Å². The number of nitrogens with one attached hydrogen (secondary N) is 2. The molecule has 5 rings (SSSR count). The molecule has 2 atom stereocenters. The number of carbonyl (C=O) groups excluding carboxylic acids is 1. The van der Waals surface area contributed by atoms with E-state index in [2.05, 4.69) is 19.9 Å². The Hall–Kier alpha value is -2.68. The highest BCUT2D eigenvalue weighted by Gasteiger charge is 2.37. The van der Waals surface area contributed by atoms with Gasteiger partial charge in [-0.05, 0) is 25.7 Å². The van der Waals surface area contributed by atoms with Crippen molar-refractivity contribution >= 4 is 5.91 Å². The van der Waals surface area contributed by atoms with Gasteiger partial charge in [0, 0.05) is 50.2 Å². The first-order valence-electron chi connectivity index (χ1n) is 9.30. The average Bonchev–Trinajstić information content (AvgIpc) is 2.84. The molecule has 0 unspecified atom stereocenters. The van der Waals surface area contributed by atoms with Crippen LogP contribution in [0.15, 0.2) is 28.2 Å². The van der Waals surface area contributed by atoms with E-state index in [0.29, 0.717) is 5.92 Å². The number of imidazole rings is 1. The number of hydrogen-bond acceptors (Lipinski definition) is 5. The fraction of sp³-hybridized carbons (Fsp3) is 0.556. The van der Waals surface area contributed by atoms with E-state index in [-0.39, 0.29) is 18.5 Å². The first-order valence-corrected chi connectivity index (χ1v) is 9.30. The SMILES string of the molecule is Cc1[nH]cnc1CN1C[C@@H]2CC[C@H](C1)N(C(=O)Cn1ccc(=O)[nH]c1=O)C2. The molecule has 2 bridgehead atoms. The molecule has 9 heteroatoms. The number of rotatable bonds is 4. The number of fused-ring (bicyclic) bond motifs is 4. The third kappa shape index (κ3) is 3.73. The molecule has 2 N–H and O–H groups in total. The number of nitrogens with zero attached hydrogens (tertiary/aromatic N) is 4. The van der Waals surface area contributed by atoms with Gasteiger partial charge in [0.05, 0.1) is 12.0 Å². The summed E-state index contributed by atoms with van der Waals surface area (Å²) in [5.74, 6) is 0.357. The molecule has 0 aliphatic carbocycles. The van der Waals surface area contributed by atoms with Crippen molar-refractivity contribution in [3.63, 3.8) is 0 Å². The van der Waals surface area contributed by atoms with Gasteiger partial charge in [0.1, 0.15) is 6.54 Å². The molecule has 0 radical (unpaired) electrons. The van der Waals surface area contributed by atoms with E-state index < -0.39 is 11.2 Å². The summed E-state index contributed by atoms with van der Waals surface area (Å²) in [4.78, 5) is 49.9. The topological polar surface area (TPSA) is 107 Å². The van der Waals surface area contributed by atoms with Gasteiger partial charge in [0.2, 0.25) is 5.91 Å². The maximum Gasteiger partial charge on any atom is 0.328 e. The number of aromatic nitrogens is 4. The molecule has 2 aromatic rings. The minimum absolute atomic E-state index is 0.0443. The van der Waals surface area contributed by atoms with Gasteiger partial charge in [-0.15, -0.1) is 0 Å². The third-order valence-electron chi connectivity index (χ3n) is 5.62. The van der Waals surface area contributed by atoms with Crippen molar-refractivity contribution in [2.45, 2.75) is 38.9 Å². The van der Waals surface area contributed by atoms with Crippen LogP contribution in [0.1, 0.15) is 24.2 Å². The van der Waals surface area contributed by atoms with E-state index in [9.17, 15) is 14.4 Å². The Bertz CT molecular complexity index is 945. The van der Waals surface area contributed by atoms with Crippen LogP contribution in [0.25, 0.3) is 0 Å². The monoisotopic (exact) mass is 372 g/mol. The zero-order valence-electron chi connectivity index (χ0n) is 15.4. The van der Waals surface area contributed by atoms with Crippen LogP contribution in [0.4, 0.5) is 0 Å². The Kier molecular flexibility index (Phi) is 4.69. The highest BCUT2D eigenvalue weighted by Crippen LogP contribution is 2.29. The van der Waals surface area contributed by atoms with E-state index in [1.165, 1.54) is 16.8 Å². The smallest absolute Gasteiger partial charge is 0.328 e. The zero-order valence-corrected chi connectivity index (χ0v) is 15.4. The second kappa shape index (κ2) is 7.15. The van der Waals surface area contributed by atoms with Crippen LogP contribution in [0.2, 0.25) is 0 Å². The predicted octanol–water partition coefficient (Wildman–Crippen LogP) is -0.309. The van der Waals surface area contributed by atoms with Gasteiger partial charge in [-0.25, -0.2) is 9.78 Å². The number of amides is 1. The molecule has 0 spiro atoms. The molecule has 0 aromatic carbocycles. The summed E-state index contributed by atoms with van der Waals surface area (Å²) < 4.78 is 1.26. The lowest BCUT2D eigenvalue weighted by Gasteiger charge is -2.36. The summed E-state index contributed by atoms with van der Waals surface area (Å²) in [5, 5.41) is 0. The quantitative estimate of drug-likeness (QED) is 0.766. The Morgan fingerprint density at radius 1 is 1.26 bits per heavy atom. The van der Waals surface area contributed by atoms with Crippen molar-refractivity contribution in [1.82, 2.24) is 29.3 Å². The maximum atomic E-state index is 12.9. The molecule has 0 saturated carbocycles. The molecule has 27 heavy (non-hydrogen) atoms. The average molecular weight is 372 g/mol. The molecule has 144 valence electrons. The maximum absolute atomic E-state index is 12.9. The highest BCUT2D eigenvalue weighted by atomic mass is 16.2. The Morgan fingerprint density at radius 2 is 2.11 bits per heavy atom. The molecule has 2 aromatic heterocycles. The number of aromatic amines is 2. The number of aryl methyl sites for hydroxylation is 1. The van der Waals surface area contributed by atoms with E-state index in [1.807, 2.05) is 11.8 Å². The van der Waals surface area contributed by atoms with Gasteiger partial charge < -0.3 is 9.88 Å². The molecule has 1 amide bonds. The predicted molar refractivity (Wildman–Crippen MR) is 98.1 cm³/mol. The lowest BCUT2D eigenvalue weighted by Crippen LogP contribution is -2.49. The molecule has 3 aliphatic rings. The lowest BCUT2D eigenvalue weighted by atomic mass is 9.95. The van der Waals surface area contributed by atoms with Gasteiger partial charge in [-0.3, -0.25) is 24.0 Å². The van der Waals surface area contributed by atoms with E-state index in [4.69, 9.17) is 0 Å². The van der Waals surface area contributed by atoms with Crippen molar-refractivity contribution in [2.24, 2.45) is 5.92 Å². The second-order valence-electron chi connectivity index (χ2n) is 7.55. The number of H-pyrrole nitrogens is 2. The summed E-state index contributed by atoms with van der Waals surface area (Å²) >= 11 is 0. The lowest BCUT2D eigenvalue weighted by molar-refractivity contribution is -0.136.